The van der Waals surface area contributed by atoms with E-state index in [9.17, 15) is 14.7 Å². The number of amides is 4. The molecular formula is C22H26N4O3. The van der Waals surface area contributed by atoms with Gasteiger partial charge in [0.05, 0.1) is 18.7 Å². The predicted octanol–water partition coefficient (Wildman–Crippen LogP) is 2.99. The molecule has 1 fully saturated rings. The second-order valence-corrected chi connectivity index (χ2v) is 7.82. The van der Waals surface area contributed by atoms with Crippen LogP contribution in [0.3, 0.4) is 0 Å². The third-order valence-corrected chi connectivity index (χ3v) is 5.60. The molecule has 3 N–H and O–H groups in total. The van der Waals surface area contributed by atoms with Gasteiger partial charge in [-0.15, -0.1) is 0 Å². The summed E-state index contributed by atoms with van der Waals surface area (Å²) in [5.41, 5.74) is 2.53. The van der Waals surface area contributed by atoms with E-state index in [2.05, 4.69) is 10.6 Å². The van der Waals surface area contributed by atoms with Crippen LogP contribution in [0.5, 0.6) is 0 Å². The van der Waals surface area contributed by atoms with Crippen molar-refractivity contribution in [1.29, 1.82) is 0 Å². The fraction of sp³-hybridized carbons (Fsp3) is 0.364. The van der Waals surface area contributed by atoms with Gasteiger partial charge in [-0.05, 0) is 37.6 Å². The molecule has 29 heavy (non-hydrogen) atoms. The first-order valence-electron chi connectivity index (χ1n) is 9.93. The highest BCUT2D eigenvalue weighted by molar-refractivity contribution is 6.03. The lowest BCUT2D eigenvalue weighted by atomic mass is 9.72. The quantitative estimate of drug-likeness (QED) is 0.748. The van der Waals surface area contributed by atoms with Crippen molar-refractivity contribution in [2.45, 2.75) is 37.9 Å². The van der Waals surface area contributed by atoms with E-state index in [0.717, 1.165) is 11.3 Å². The van der Waals surface area contributed by atoms with Crippen molar-refractivity contribution in [2.75, 3.05) is 23.4 Å². The summed E-state index contributed by atoms with van der Waals surface area (Å²) < 4.78 is 0. The SMILES string of the molecule is CC(C)NC(=O)N1[C@H](CO)[C@@H]2c3ccccc3N(C(=O)Nc3ccccc3)C[C@@H]21. The second-order valence-electron chi connectivity index (χ2n) is 7.82. The Bertz CT molecular complexity index is 902. The Morgan fingerprint density at radius 1 is 1.07 bits per heavy atom. The Morgan fingerprint density at radius 3 is 2.45 bits per heavy atom. The maximum Gasteiger partial charge on any atom is 0.326 e. The minimum Gasteiger partial charge on any atom is -0.394 e. The standard InChI is InChI=1S/C22H26N4O3/c1-14(2)23-22(29)26-18-12-25(21(28)24-15-8-4-3-5-9-15)17-11-7-6-10-16(17)20(18)19(26)13-27/h3-11,14,18-20,27H,12-13H2,1-2H3,(H,23,29)(H,24,28)/t18-,19+,20+/m0/s1. The van der Waals surface area contributed by atoms with E-state index in [1.54, 1.807) is 9.80 Å². The van der Waals surface area contributed by atoms with Gasteiger partial charge in [0.25, 0.3) is 0 Å². The number of hydrogen-bond donors (Lipinski definition) is 3. The summed E-state index contributed by atoms with van der Waals surface area (Å²) in [6, 6.07) is 16.1. The van der Waals surface area contributed by atoms with Crippen LogP contribution in [0.2, 0.25) is 0 Å². The number of carbonyl (C=O) groups excluding carboxylic acids is 2. The number of carbonyl (C=O) groups is 2. The van der Waals surface area contributed by atoms with Gasteiger partial charge in [0.1, 0.15) is 0 Å². The number of hydrogen-bond acceptors (Lipinski definition) is 3. The summed E-state index contributed by atoms with van der Waals surface area (Å²) >= 11 is 0. The molecule has 2 aliphatic rings. The first-order chi connectivity index (χ1) is 14.0. The van der Waals surface area contributed by atoms with Gasteiger partial charge in [-0.1, -0.05) is 36.4 Å². The number of para-hydroxylation sites is 2. The molecule has 0 saturated carbocycles. The molecule has 2 aromatic carbocycles. The summed E-state index contributed by atoms with van der Waals surface area (Å²) in [4.78, 5) is 29.2. The minimum atomic E-state index is -0.292. The number of nitrogens with one attached hydrogen (secondary N) is 2. The first-order valence-corrected chi connectivity index (χ1v) is 9.93. The number of rotatable bonds is 3. The van der Waals surface area contributed by atoms with E-state index in [0.29, 0.717) is 12.2 Å². The summed E-state index contributed by atoms with van der Waals surface area (Å²) in [7, 11) is 0. The van der Waals surface area contributed by atoms with E-state index in [1.807, 2.05) is 68.4 Å². The lowest BCUT2D eigenvalue weighted by Gasteiger charge is -2.58. The Morgan fingerprint density at radius 2 is 1.76 bits per heavy atom. The van der Waals surface area contributed by atoms with Gasteiger partial charge < -0.3 is 20.6 Å². The molecule has 0 unspecified atom stereocenters. The summed E-state index contributed by atoms with van der Waals surface area (Å²) in [6.07, 6.45) is 0. The predicted molar refractivity (Wildman–Crippen MR) is 112 cm³/mol. The average molecular weight is 394 g/mol. The number of urea groups is 2. The molecule has 7 heteroatoms. The van der Waals surface area contributed by atoms with Crippen molar-refractivity contribution in [3.8, 4) is 0 Å². The van der Waals surface area contributed by atoms with Crippen LogP contribution >= 0.6 is 0 Å². The van der Waals surface area contributed by atoms with Crippen LogP contribution in [0.1, 0.15) is 25.3 Å². The number of likely N-dealkylation sites (tertiary alicyclic amines) is 1. The van der Waals surface area contributed by atoms with Crippen molar-refractivity contribution < 1.29 is 14.7 Å². The topological polar surface area (TPSA) is 84.9 Å². The van der Waals surface area contributed by atoms with Crippen LogP contribution in [-0.4, -0.2) is 53.3 Å². The Hall–Kier alpha value is -3.06. The highest BCUT2D eigenvalue weighted by Gasteiger charge is 2.55. The van der Waals surface area contributed by atoms with E-state index >= 15 is 0 Å². The Balaban J connectivity index is 1.64. The zero-order valence-corrected chi connectivity index (χ0v) is 16.6. The van der Waals surface area contributed by atoms with E-state index in [1.165, 1.54) is 0 Å². The third-order valence-electron chi connectivity index (χ3n) is 5.60. The van der Waals surface area contributed by atoms with Gasteiger partial charge >= 0.3 is 12.1 Å². The van der Waals surface area contributed by atoms with Gasteiger partial charge in [-0.25, -0.2) is 9.59 Å². The van der Waals surface area contributed by atoms with Crippen LogP contribution in [-0.2, 0) is 0 Å². The molecule has 0 bridgehead atoms. The maximum absolute atomic E-state index is 13.1. The molecular weight excluding hydrogens is 368 g/mol. The van der Waals surface area contributed by atoms with Gasteiger partial charge in [-0.3, -0.25) is 4.90 Å². The fourth-order valence-electron chi connectivity index (χ4n) is 4.39. The normalized spacial score (nSPS) is 22.4. The van der Waals surface area contributed by atoms with Crippen LogP contribution in [0.25, 0.3) is 0 Å². The highest BCUT2D eigenvalue weighted by atomic mass is 16.3. The molecule has 2 aromatic rings. The lowest BCUT2D eigenvalue weighted by molar-refractivity contribution is -0.00739. The highest BCUT2D eigenvalue weighted by Crippen LogP contribution is 2.48. The fourth-order valence-corrected chi connectivity index (χ4v) is 4.39. The van der Waals surface area contributed by atoms with E-state index < -0.39 is 0 Å². The van der Waals surface area contributed by atoms with Crippen LogP contribution < -0.4 is 15.5 Å². The molecule has 0 aromatic heterocycles. The molecule has 152 valence electrons. The molecule has 4 rings (SSSR count). The number of anilines is 2. The van der Waals surface area contributed by atoms with E-state index in [4.69, 9.17) is 0 Å². The molecule has 0 radical (unpaired) electrons. The van der Waals surface area contributed by atoms with Crippen molar-refractivity contribution in [1.82, 2.24) is 10.2 Å². The van der Waals surface area contributed by atoms with Crippen LogP contribution in [0.4, 0.5) is 21.0 Å². The zero-order valence-electron chi connectivity index (χ0n) is 16.6. The van der Waals surface area contributed by atoms with Crippen molar-refractivity contribution >= 4 is 23.4 Å². The van der Waals surface area contributed by atoms with Crippen molar-refractivity contribution in [2.24, 2.45) is 0 Å². The van der Waals surface area contributed by atoms with Gasteiger partial charge in [0.2, 0.25) is 0 Å². The smallest absolute Gasteiger partial charge is 0.326 e. The largest absolute Gasteiger partial charge is 0.394 e. The molecule has 2 heterocycles. The van der Waals surface area contributed by atoms with Gasteiger partial charge in [0, 0.05) is 29.9 Å². The molecule has 1 saturated heterocycles. The van der Waals surface area contributed by atoms with Crippen LogP contribution in [0.15, 0.2) is 54.6 Å². The van der Waals surface area contributed by atoms with Gasteiger partial charge in [-0.2, -0.15) is 0 Å². The molecule has 0 aliphatic carbocycles. The Kier molecular flexibility index (Phi) is 5.15. The van der Waals surface area contributed by atoms with Crippen molar-refractivity contribution in [3.05, 3.63) is 60.2 Å². The summed E-state index contributed by atoms with van der Waals surface area (Å²) in [5.74, 6) is 0.00916. The Labute approximate surface area is 170 Å². The minimum absolute atomic E-state index is 0.00532. The first kappa shape index (κ1) is 19.3. The molecule has 3 atom stereocenters. The molecule has 0 spiro atoms. The average Bonchev–Trinajstić information content (AvgIpc) is 2.68. The van der Waals surface area contributed by atoms with Gasteiger partial charge in [0.15, 0.2) is 0 Å². The monoisotopic (exact) mass is 394 g/mol. The summed E-state index contributed by atoms with van der Waals surface area (Å²) in [5, 5.41) is 15.8. The second kappa shape index (κ2) is 7.75. The van der Waals surface area contributed by atoms with E-state index in [-0.39, 0.29) is 42.7 Å². The van der Waals surface area contributed by atoms with Crippen LogP contribution in [0, 0.1) is 0 Å². The number of nitrogens with zero attached hydrogens (tertiary/aromatic N) is 2. The number of aliphatic hydroxyl groups excluding tert-OH is 1. The molecule has 2 aliphatic heterocycles. The third kappa shape index (κ3) is 3.42. The molecule has 7 nitrogen and oxygen atoms in total. The zero-order chi connectivity index (χ0) is 20.5. The summed E-state index contributed by atoms with van der Waals surface area (Å²) in [6.45, 7) is 4.07. The number of benzene rings is 2. The number of aliphatic hydroxyl groups is 1. The lowest BCUT2D eigenvalue weighted by Crippen LogP contribution is -2.72. The molecule has 4 amide bonds. The maximum atomic E-state index is 13.1. The van der Waals surface area contributed by atoms with Crippen molar-refractivity contribution in [3.63, 3.8) is 0 Å². The number of fused-ring (bicyclic) bond motifs is 3.